The highest BCUT2D eigenvalue weighted by molar-refractivity contribution is 5.88. The maximum absolute atomic E-state index is 12.0. The molecule has 0 aromatic carbocycles. The van der Waals surface area contributed by atoms with Gasteiger partial charge in [-0.15, -0.1) is 0 Å². The van der Waals surface area contributed by atoms with E-state index in [1.165, 1.54) is 0 Å². The van der Waals surface area contributed by atoms with E-state index in [2.05, 4.69) is 19.9 Å². The molecule has 0 spiro atoms. The van der Waals surface area contributed by atoms with Crippen LogP contribution in [0.1, 0.15) is 26.7 Å². The lowest BCUT2D eigenvalue weighted by molar-refractivity contribution is -0.134. The van der Waals surface area contributed by atoms with Gasteiger partial charge in [0.15, 0.2) is 0 Å². The van der Waals surface area contributed by atoms with Crippen molar-refractivity contribution < 1.29 is 4.79 Å². The van der Waals surface area contributed by atoms with Crippen molar-refractivity contribution in [1.82, 2.24) is 4.90 Å². The van der Waals surface area contributed by atoms with Gasteiger partial charge < -0.3 is 4.90 Å². The highest BCUT2D eigenvalue weighted by Crippen LogP contribution is 2.47. The lowest BCUT2D eigenvalue weighted by Gasteiger charge is -2.18. The molecular weight excluding hydrogens is 176 g/mol. The molecule has 2 aliphatic rings. The number of amides is 1. The molecule has 2 rings (SSSR count). The first kappa shape index (κ1) is 9.51. The maximum atomic E-state index is 12.0. The second-order valence-electron chi connectivity index (χ2n) is 4.86. The normalized spacial score (nSPS) is 33.9. The predicted molar refractivity (Wildman–Crippen MR) is 52.2 cm³/mol. The van der Waals surface area contributed by atoms with Crippen LogP contribution in [0.4, 0.5) is 0 Å². The number of hydrogen-bond donors (Lipinski definition) is 0. The van der Waals surface area contributed by atoms with Crippen LogP contribution in [0.3, 0.4) is 0 Å². The molecule has 1 amide bonds. The van der Waals surface area contributed by atoms with Crippen LogP contribution >= 0.6 is 0 Å². The summed E-state index contributed by atoms with van der Waals surface area (Å²) in [5.74, 6) is 1.23. The Morgan fingerprint density at radius 2 is 1.86 bits per heavy atom. The van der Waals surface area contributed by atoms with Crippen molar-refractivity contribution in [1.29, 1.82) is 5.26 Å². The fourth-order valence-corrected chi connectivity index (χ4v) is 2.10. The maximum Gasteiger partial charge on any atom is 0.243 e. The molecule has 0 unspecified atom stereocenters. The molecule has 14 heavy (non-hydrogen) atoms. The van der Waals surface area contributed by atoms with Crippen LogP contribution in [0.15, 0.2) is 0 Å². The second kappa shape index (κ2) is 2.98. The molecule has 76 valence electrons. The molecule has 1 aliphatic carbocycles. The first-order chi connectivity index (χ1) is 6.59. The predicted octanol–water partition coefficient (Wildman–Crippen LogP) is 1.40. The van der Waals surface area contributed by atoms with Crippen molar-refractivity contribution in [2.75, 3.05) is 13.1 Å². The van der Waals surface area contributed by atoms with E-state index < -0.39 is 5.41 Å². The zero-order valence-electron chi connectivity index (χ0n) is 8.79. The first-order valence-corrected chi connectivity index (χ1v) is 5.30. The Kier molecular flexibility index (Phi) is 2.02. The summed E-state index contributed by atoms with van der Waals surface area (Å²) in [6, 6.07) is 2.17. The molecule has 1 saturated carbocycles. The van der Waals surface area contributed by atoms with Gasteiger partial charge in [-0.1, -0.05) is 13.8 Å². The van der Waals surface area contributed by atoms with E-state index in [4.69, 9.17) is 5.26 Å². The van der Waals surface area contributed by atoms with Gasteiger partial charge in [0.2, 0.25) is 5.91 Å². The molecule has 1 aliphatic heterocycles. The van der Waals surface area contributed by atoms with Crippen molar-refractivity contribution in [3.05, 3.63) is 0 Å². The molecule has 2 fully saturated rings. The van der Waals surface area contributed by atoms with E-state index in [0.717, 1.165) is 25.9 Å². The number of carbonyl (C=O) groups excluding carboxylic acids is 1. The molecule has 1 saturated heterocycles. The second-order valence-corrected chi connectivity index (χ2v) is 4.86. The Hall–Kier alpha value is -1.04. The summed E-state index contributed by atoms with van der Waals surface area (Å²) in [7, 11) is 0. The molecule has 0 bridgehead atoms. The fourth-order valence-electron chi connectivity index (χ4n) is 2.10. The largest absolute Gasteiger partial charge is 0.341 e. The third-order valence-electron chi connectivity index (χ3n) is 3.65. The average molecular weight is 192 g/mol. The molecular formula is C11H16N2O. The van der Waals surface area contributed by atoms with Crippen LogP contribution in [-0.4, -0.2) is 23.9 Å². The number of hydrogen-bond acceptors (Lipinski definition) is 2. The fraction of sp³-hybridized carbons (Fsp3) is 0.818. The highest BCUT2D eigenvalue weighted by Gasteiger charge is 2.53. The van der Waals surface area contributed by atoms with Crippen LogP contribution in [0.25, 0.3) is 0 Å². The first-order valence-electron chi connectivity index (χ1n) is 5.30. The summed E-state index contributed by atoms with van der Waals surface area (Å²) in [4.78, 5) is 13.8. The Morgan fingerprint density at radius 3 is 2.21 bits per heavy atom. The molecule has 0 radical (unpaired) electrons. The van der Waals surface area contributed by atoms with Crippen LogP contribution in [0, 0.1) is 28.6 Å². The number of nitriles is 1. The lowest BCUT2D eigenvalue weighted by atomic mass is 10.0. The number of rotatable bonds is 1. The van der Waals surface area contributed by atoms with Gasteiger partial charge in [-0.2, -0.15) is 5.26 Å². The minimum absolute atomic E-state index is 0.0798. The monoisotopic (exact) mass is 192 g/mol. The van der Waals surface area contributed by atoms with E-state index in [9.17, 15) is 4.79 Å². The van der Waals surface area contributed by atoms with Crippen molar-refractivity contribution in [2.45, 2.75) is 26.7 Å². The van der Waals surface area contributed by atoms with E-state index in [1.807, 2.05) is 4.90 Å². The number of nitrogens with zero attached hydrogens (tertiary/aromatic N) is 2. The zero-order chi connectivity index (χ0) is 10.3. The average Bonchev–Trinajstić information content (AvgIpc) is 2.90. The number of likely N-dealkylation sites (tertiary alicyclic amines) is 1. The summed E-state index contributed by atoms with van der Waals surface area (Å²) in [5, 5.41) is 8.92. The summed E-state index contributed by atoms with van der Waals surface area (Å²) in [5.41, 5.74) is -0.621. The van der Waals surface area contributed by atoms with Crippen LogP contribution in [-0.2, 0) is 4.79 Å². The Bertz CT molecular complexity index is 291. The summed E-state index contributed by atoms with van der Waals surface area (Å²) < 4.78 is 0. The quantitative estimate of drug-likeness (QED) is 0.630. The van der Waals surface area contributed by atoms with Gasteiger partial charge in [-0.05, 0) is 24.7 Å². The Balaban J connectivity index is 2.05. The molecule has 1 heterocycles. The molecule has 3 nitrogen and oxygen atoms in total. The van der Waals surface area contributed by atoms with Gasteiger partial charge in [0.05, 0.1) is 6.07 Å². The van der Waals surface area contributed by atoms with Crippen LogP contribution in [0.2, 0.25) is 0 Å². The van der Waals surface area contributed by atoms with E-state index in [0.29, 0.717) is 11.8 Å². The van der Waals surface area contributed by atoms with Crippen molar-refractivity contribution >= 4 is 5.91 Å². The Morgan fingerprint density at radius 1 is 1.36 bits per heavy atom. The molecule has 3 heteroatoms. The van der Waals surface area contributed by atoms with Gasteiger partial charge in [-0.25, -0.2) is 0 Å². The molecule has 0 N–H and O–H groups in total. The standard InChI is InChI=1S/C11H16N2O/c1-8-5-13(6-9(8)2)10(14)11(7-12)3-4-11/h8-9H,3-6H2,1-2H3/t8-,9-/m1/s1. The summed E-state index contributed by atoms with van der Waals surface area (Å²) >= 11 is 0. The van der Waals surface area contributed by atoms with E-state index in [1.54, 1.807) is 0 Å². The van der Waals surface area contributed by atoms with Gasteiger partial charge >= 0.3 is 0 Å². The van der Waals surface area contributed by atoms with Gasteiger partial charge in [-0.3, -0.25) is 4.79 Å². The van der Waals surface area contributed by atoms with Crippen molar-refractivity contribution in [3.63, 3.8) is 0 Å². The third kappa shape index (κ3) is 1.30. The van der Waals surface area contributed by atoms with Gasteiger partial charge in [0.25, 0.3) is 0 Å². The molecule has 0 aromatic rings. The van der Waals surface area contributed by atoms with Gasteiger partial charge in [0, 0.05) is 13.1 Å². The number of carbonyl (C=O) groups is 1. The minimum atomic E-state index is -0.621. The van der Waals surface area contributed by atoms with Crippen LogP contribution in [0.5, 0.6) is 0 Å². The topological polar surface area (TPSA) is 44.1 Å². The van der Waals surface area contributed by atoms with E-state index >= 15 is 0 Å². The molecule has 2 atom stereocenters. The van der Waals surface area contributed by atoms with Crippen LogP contribution < -0.4 is 0 Å². The minimum Gasteiger partial charge on any atom is -0.341 e. The van der Waals surface area contributed by atoms with Crippen molar-refractivity contribution in [3.8, 4) is 6.07 Å². The molecule has 0 aromatic heterocycles. The van der Waals surface area contributed by atoms with Gasteiger partial charge in [0.1, 0.15) is 5.41 Å². The summed E-state index contributed by atoms with van der Waals surface area (Å²) in [6.07, 6.45) is 1.53. The summed E-state index contributed by atoms with van der Waals surface area (Å²) in [6.45, 7) is 6.01. The van der Waals surface area contributed by atoms with E-state index in [-0.39, 0.29) is 5.91 Å². The zero-order valence-corrected chi connectivity index (χ0v) is 8.79. The Labute approximate surface area is 84.7 Å². The highest BCUT2D eigenvalue weighted by atomic mass is 16.2. The van der Waals surface area contributed by atoms with Crippen molar-refractivity contribution in [2.24, 2.45) is 17.3 Å². The lowest BCUT2D eigenvalue weighted by Crippen LogP contribution is -2.35. The smallest absolute Gasteiger partial charge is 0.243 e. The third-order valence-corrected chi connectivity index (χ3v) is 3.65. The SMILES string of the molecule is C[C@@H]1CN(C(=O)C2(C#N)CC2)C[C@H]1C.